The molecule has 0 fully saturated rings. The third kappa shape index (κ3) is 3.50. The van der Waals surface area contributed by atoms with Gasteiger partial charge < -0.3 is 10.2 Å². The molecule has 0 amide bonds. The SMILES string of the molecule is Cc1ccc(CNc2ccc(N(C)C)cc2)c(C)c1. The first-order valence-corrected chi connectivity index (χ1v) is 6.63. The zero-order valence-corrected chi connectivity index (χ0v) is 12.2. The lowest BCUT2D eigenvalue weighted by atomic mass is 10.1. The van der Waals surface area contributed by atoms with Gasteiger partial charge in [0, 0.05) is 32.0 Å². The molecule has 19 heavy (non-hydrogen) atoms. The van der Waals surface area contributed by atoms with E-state index in [1.807, 2.05) is 0 Å². The first kappa shape index (κ1) is 13.5. The highest BCUT2D eigenvalue weighted by Gasteiger charge is 1.99. The molecule has 2 rings (SSSR count). The van der Waals surface area contributed by atoms with Crippen LogP contribution in [-0.4, -0.2) is 14.1 Å². The van der Waals surface area contributed by atoms with Crippen molar-refractivity contribution in [2.75, 3.05) is 24.3 Å². The molecule has 0 unspecified atom stereocenters. The molecule has 0 aromatic heterocycles. The van der Waals surface area contributed by atoms with Crippen LogP contribution in [0, 0.1) is 13.8 Å². The molecule has 2 heteroatoms. The zero-order valence-electron chi connectivity index (χ0n) is 12.2. The topological polar surface area (TPSA) is 15.3 Å². The van der Waals surface area contributed by atoms with Crippen molar-refractivity contribution in [2.45, 2.75) is 20.4 Å². The highest BCUT2D eigenvalue weighted by Crippen LogP contribution is 2.17. The highest BCUT2D eigenvalue weighted by atomic mass is 15.1. The summed E-state index contributed by atoms with van der Waals surface area (Å²) < 4.78 is 0. The Kier molecular flexibility index (Phi) is 4.10. The number of hydrogen-bond donors (Lipinski definition) is 1. The summed E-state index contributed by atoms with van der Waals surface area (Å²) in [6.45, 7) is 5.16. The summed E-state index contributed by atoms with van der Waals surface area (Å²) in [5, 5.41) is 3.47. The van der Waals surface area contributed by atoms with Gasteiger partial charge in [-0.2, -0.15) is 0 Å². The molecule has 0 aliphatic rings. The normalized spacial score (nSPS) is 10.3. The monoisotopic (exact) mass is 254 g/mol. The standard InChI is InChI=1S/C17H22N2/c1-13-5-6-15(14(2)11-13)12-18-16-7-9-17(10-8-16)19(3)4/h5-11,18H,12H2,1-4H3. The number of anilines is 2. The largest absolute Gasteiger partial charge is 0.381 e. The van der Waals surface area contributed by atoms with Gasteiger partial charge in [0.15, 0.2) is 0 Å². The fraction of sp³-hybridized carbons (Fsp3) is 0.294. The molecule has 100 valence electrons. The van der Waals surface area contributed by atoms with Gasteiger partial charge in [0.2, 0.25) is 0 Å². The molecule has 0 aliphatic heterocycles. The Bertz CT molecular complexity index is 542. The molecule has 0 aliphatic carbocycles. The van der Waals surface area contributed by atoms with Crippen molar-refractivity contribution < 1.29 is 0 Å². The molecule has 0 spiro atoms. The van der Waals surface area contributed by atoms with Gasteiger partial charge >= 0.3 is 0 Å². The Hall–Kier alpha value is -1.96. The van der Waals surface area contributed by atoms with Crippen LogP contribution in [0.2, 0.25) is 0 Å². The summed E-state index contributed by atoms with van der Waals surface area (Å²) in [5.41, 5.74) is 6.39. The number of nitrogens with zero attached hydrogens (tertiary/aromatic N) is 1. The van der Waals surface area contributed by atoms with Crippen LogP contribution in [0.1, 0.15) is 16.7 Å². The molecular formula is C17H22N2. The van der Waals surface area contributed by atoms with Crippen LogP contribution in [0.3, 0.4) is 0 Å². The maximum atomic E-state index is 3.47. The second-order valence-corrected chi connectivity index (χ2v) is 5.22. The molecule has 0 saturated carbocycles. The quantitative estimate of drug-likeness (QED) is 0.887. The Morgan fingerprint density at radius 1 is 0.947 bits per heavy atom. The predicted octanol–water partition coefficient (Wildman–Crippen LogP) is 3.98. The van der Waals surface area contributed by atoms with Crippen molar-refractivity contribution >= 4 is 11.4 Å². The average Bonchev–Trinajstić information content (AvgIpc) is 2.38. The van der Waals surface area contributed by atoms with Gasteiger partial charge in [-0.05, 0) is 49.2 Å². The van der Waals surface area contributed by atoms with Crippen LogP contribution in [0.4, 0.5) is 11.4 Å². The van der Waals surface area contributed by atoms with E-state index >= 15 is 0 Å². The molecule has 0 radical (unpaired) electrons. The van der Waals surface area contributed by atoms with Crippen molar-refractivity contribution in [3.63, 3.8) is 0 Å². The number of hydrogen-bond acceptors (Lipinski definition) is 2. The van der Waals surface area contributed by atoms with E-state index in [1.54, 1.807) is 0 Å². The van der Waals surface area contributed by atoms with E-state index in [2.05, 4.69) is 80.6 Å². The number of rotatable bonds is 4. The zero-order chi connectivity index (χ0) is 13.8. The predicted molar refractivity (Wildman–Crippen MR) is 84.0 cm³/mol. The van der Waals surface area contributed by atoms with Gasteiger partial charge in [-0.25, -0.2) is 0 Å². The van der Waals surface area contributed by atoms with Gasteiger partial charge in [0.1, 0.15) is 0 Å². The van der Waals surface area contributed by atoms with E-state index in [4.69, 9.17) is 0 Å². The molecule has 2 aromatic carbocycles. The van der Waals surface area contributed by atoms with E-state index in [-0.39, 0.29) is 0 Å². The fourth-order valence-electron chi connectivity index (χ4n) is 2.12. The first-order chi connectivity index (χ1) is 9.06. The van der Waals surface area contributed by atoms with E-state index in [0.29, 0.717) is 0 Å². The minimum atomic E-state index is 0.868. The first-order valence-electron chi connectivity index (χ1n) is 6.63. The maximum Gasteiger partial charge on any atom is 0.0403 e. The highest BCUT2D eigenvalue weighted by molar-refractivity contribution is 5.54. The van der Waals surface area contributed by atoms with Gasteiger partial charge in [0.05, 0.1) is 0 Å². The van der Waals surface area contributed by atoms with Gasteiger partial charge in [-0.15, -0.1) is 0 Å². The van der Waals surface area contributed by atoms with E-state index in [0.717, 1.165) is 12.2 Å². The third-order valence-electron chi connectivity index (χ3n) is 3.36. The Morgan fingerprint density at radius 3 is 2.21 bits per heavy atom. The molecule has 0 bridgehead atoms. The van der Waals surface area contributed by atoms with Crippen LogP contribution < -0.4 is 10.2 Å². The fourth-order valence-corrected chi connectivity index (χ4v) is 2.12. The van der Waals surface area contributed by atoms with Crippen LogP contribution in [0.5, 0.6) is 0 Å². The summed E-state index contributed by atoms with van der Waals surface area (Å²) in [4.78, 5) is 2.11. The van der Waals surface area contributed by atoms with Crippen LogP contribution in [0.25, 0.3) is 0 Å². The molecule has 0 heterocycles. The lowest BCUT2D eigenvalue weighted by Crippen LogP contribution is -2.08. The van der Waals surface area contributed by atoms with E-state index < -0.39 is 0 Å². The minimum Gasteiger partial charge on any atom is -0.381 e. The van der Waals surface area contributed by atoms with Crippen LogP contribution in [-0.2, 0) is 6.54 Å². The lowest BCUT2D eigenvalue weighted by molar-refractivity contribution is 1.11. The van der Waals surface area contributed by atoms with Crippen molar-refractivity contribution in [1.29, 1.82) is 0 Å². The Labute approximate surface area is 116 Å². The van der Waals surface area contributed by atoms with Crippen molar-refractivity contribution in [3.8, 4) is 0 Å². The minimum absolute atomic E-state index is 0.868. The summed E-state index contributed by atoms with van der Waals surface area (Å²) in [7, 11) is 4.11. The number of benzene rings is 2. The van der Waals surface area contributed by atoms with E-state index in [1.165, 1.54) is 22.4 Å². The molecular weight excluding hydrogens is 232 g/mol. The van der Waals surface area contributed by atoms with Crippen molar-refractivity contribution in [2.24, 2.45) is 0 Å². The summed E-state index contributed by atoms with van der Waals surface area (Å²) in [6.07, 6.45) is 0. The average molecular weight is 254 g/mol. The maximum absolute atomic E-state index is 3.47. The van der Waals surface area contributed by atoms with Crippen molar-refractivity contribution in [3.05, 3.63) is 59.2 Å². The van der Waals surface area contributed by atoms with E-state index in [9.17, 15) is 0 Å². The number of aryl methyl sites for hydroxylation is 2. The Morgan fingerprint density at radius 2 is 1.63 bits per heavy atom. The van der Waals surface area contributed by atoms with Gasteiger partial charge in [-0.3, -0.25) is 0 Å². The second-order valence-electron chi connectivity index (χ2n) is 5.22. The number of nitrogens with one attached hydrogen (secondary N) is 1. The smallest absolute Gasteiger partial charge is 0.0403 e. The molecule has 1 N–H and O–H groups in total. The summed E-state index contributed by atoms with van der Waals surface area (Å²) in [5.74, 6) is 0. The molecule has 2 nitrogen and oxygen atoms in total. The van der Waals surface area contributed by atoms with Crippen LogP contribution in [0.15, 0.2) is 42.5 Å². The van der Waals surface area contributed by atoms with Gasteiger partial charge in [-0.1, -0.05) is 23.8 Å². The third-order valence-corrected chi connectivity index (χ3v) is 3.36. The summed E-state index contributed by atoms with van der Waals surface area (Å²) in [6, 6.07) is 15.1. The molecule has 2 aromatic rings. The second kappa shape index (κ2) is 5.79. The van der Waals surface area contributed by atoms with Crippen molar-refractivity contribution in [1.82, 2.24) is 0 Å². The van der Waals surface area contributed by atoms with Crippen LogP contribution >= 0.6 is 0 Å². The molecule has 0 atom stereocenters. The molecule has 0 saturated heterocycles. The van der Waals surface area contributed by atoms with Gasteiger partial charge in [0.25, 0.3) is 0 Å². The Balaban J connectivity index is 2.02. The lowest BCUT2D eigenvalue weighted by Gasteiger charge is -2.14. The summed E-state index contributed by atoms with van der Waals surface area (Å²) >= 11 is 0.